The van der Waals surface area contributed by atoms with Crippen LogP contribution in [-0.4, -0.2) is 53.9 Å². The maximum atomic E-state index is 13.5. The Morgan fingerprint density at radius 3 is 2.56 bits per heavy atom. The van der Waals surface area contributed by atoms with Crippen LogP contribution in [0, 0.1) is 5.82 Å². The number of hydrogen-bond donors (Lipinski definition) is 1. The van der Waals surface area contributed by atoms with Crippen molar-refractivity contribution in [2.24, 2.45) is 10.3 Å². The summed E-state index contributed by atoms with van der Waals surface area (Å²) in [6.45, 7) is 1.62. The molecule has 1 N–H and O–H groups in total. The van der Waals surface area contributed by atoms with E-state index in [2.05, 4.69) is 15.7 Å². The molecule has 1 saturated heterocycles. The second-order valence-electron chi connectivity index (χ2n) is 7.03. The third-order valence-electron chi connectivity index (χ3n) is 4.91. The number of ether oxygens (including phenoxy) is 1. The molecule has 0 spiro atoms. The van der Waals surface area contributed by atoms with E-state index in [1.165, 1.54) is 42.5 Å². The molecule has 1 fully saturated rings. The minimum atomic E-state index is -1.09. The van der Waals surface area contributed by atoms with Crippen LogP contribution in [0.5, 0.6) is 0 Å². The molecule has 2 atom stereocenters. The fraction of sp³-hybridized carbons (Fsp3) is 0.238. The van der Waals surface area contributed by atoms with Crippen molar-refractivity contribution in [1.82, 2.24) is 5.01 Å². The van der Waals surface area contributed by atoms with Gasteiger partial charge in [0.15, 0.2) is 12.1 Å². The van der Waals surface area contributed by atoms with Crippen molar-refractivity contribution in [3.05, 3.63) is 59.9 Å². The molecule has 11 heteroatoms. The zero-order valence-corrected chi connectivity index (χ0v) is 16.9. The number of carbonyl (C=O) groups is 4. The van der Waals surface area contributed by atoms with Gasteiger partial charge < -0.3 is 10.1 Å². The van der Waals surface area contributed by atoms with Crippen LogP contribution in [0.4, 0.5) is 15.8 Å². The number of imide groups is 1. The van der Waals surface area contributed by atoms with E-state index >= 15 is 0 Å². The topological polar surface area (TPSA) is 121 Å². The van der Waals surface area contributed by atoms with Crippen LogP contribution in [0.25, 0.3) is 0 Å². The maximum absolute atomic E-state index is 13.5. The van der Waals surface area contributed by atoms with Gasteiger partial charge in [-0.3, -0.25) is 19.4 Å². The summed E-state index contributed by atoms with van der Waals surface area (Å²) >= 11 is 0. The molecule has 4 rings (SSSR count). The van der Waals surface area contributed by atoms with Crippen LogP contribution in [0.2, 0.25) is 0 Å². The van der Waals surface area contributed by atoms with Gasteiger partial charge in [-0.15, -0.1) is 0 Å². The van der Waals surface area contributed by atoms with Crippen molar-refractivity contribution in [2.45, 2.75) is 19.0 Å². The number of amides is 3. The maximum Gasteiger partial charge on any atom is 0.338 e. The number of carbonyl (C=O) groups excluding carboxylic acids is 4. The highest BCUT2D eigenvalue weighted by Gasteiger charge is 2.55. The number of halogens is 1. The van der Waals surface area contributed by atoms with Crippen LogP contribution in [0.3, 0.4) is 0 Å². The number of nitrogens with zero attached hydrogens (tertiary/aromatic N) is 4. The highest BCUT2D eigenvalue weighted by molar-refractivity contribution is 6.25. The molecular weight excluding hydrogens is 421 g/mol. The van der Waals surface area contributed by atoms with Gasteiger partial charge in [0.05, 0.1) is 17.9 Å². The van der Waals surface area contributed by atoms with Gasteiger partial charge in [0.25, 0.3) is 11.8 Å². The lowest BCUT2D eigenvalue weighted by atomic mass is 10.1. The first-order valence-electron chi connectivity index (χ1n) is 9.77. The average molecular weight is 439 g/mol. The molecule has 3 amide bonds. The standard InChI is InChI=1S/C21H18FN5O5/c1-2-32-21(31)12-6-8-14(9-7-12)23-16(28)11-26-18-17(24-25-26)19(29)27(20(18)30)15-5-3-4-13(22)10-15/h3-10,17-18H,2,11H2,1H3,(H,23,28)/t17-,18+/m0/s1. The van der Waals surface area contributed by atoms with Crippen molar-refractivity contribution >= 4 is 35.1 Å². The normalized spacial score (nSPS) is 19.3. The Morgan fingerprint density at radius 2 is 1.88 bits per heavy atom. The summed E-state index contributed by atoms with van der Waals surface area (Å²) in [4.78, 5) is 50.5. The van der Waals surface area contributed by atoms with Crippen LogP contribution in [-0.2, 0) is 19.1 Å². The molecule has 0 saturated carbocycles. The van der Waals surface area contributed by atoms with Crippen molar-refractivity contribution in [3.8, 4) is 0 Å². The number of benzene rings is 2. The molecule has 2 aliphatic heterocycles. The largest absolute Gasteiger partial charge is 0.462 e. The van der Waals surface area contributed by atoms with Crippen molar-refractivity contribution in [2.75, 3.05) is 23.4 Å². The van der Waals surface area contributed by atoms with Crippen LogP contribution < -0.4 is 10.2 Å². The second-order valence-corrected chi connectivity index (χ2v) is 7.03. The summed E-state index contributed by atoms with van der Waals surface area (Å²) in [5, 5.41) is 11.4. The molecule has 0 aliphatic carbocycles. The number of fused-ring (bicyclic) bond motifs is 1. The second kappa shape index (κ2) is 8.53. The minimum absolute atomic E-state index is 0.0932. The Bertz CT molecular complexity index is 1120. The first-order chi connectivity index (χ1) is 15.4. The molecule has 2 aliphatic rings. The zero-order valence-electron chi connectivity index (χ0n) is 16.9. The lowest BCUT2D eigenvalue weighted by Crippen LogP contribution is -2.43. The van der Waals surface area contributed by atoms with E-state index in [0.717, 1.165) is 16.0 Å². The summed E-state index contributed by atoms with van der Waals surface area (Å²) in [5.74, 6) is -2.83. The highest BCUT2D eigenvalue weighted by Crippen LogP contribution is 2.32. The number of rotatable bonds is 6. The number of esters is 1. The van der Waals surface area contributed by atoms with Gasteiger partial charge in [0, 0.05) is 5.69 Å². The monoisotopic (exact) mass is 439 g/mol. The number of nitrogens with one attached hydrogen (secondary N) is 1. The van der Waals surface area contributed by atoms with Gasteiger partial charge >= 0.3 is 5.97 Å². The van der Waals surface area contributed by atoms with E-state index in [1.807, 2.05) is 0 Å². The van der Waals surface area contributed by atoms with E-state index in [-0.39, 0.29) is 18.8 Å². The summed E-state index contributed by atoms with van der Waals surface area (Å²) in [6.07, 6.45) is 0. The van der Waals surface area contributed by atoms with Gasteiger partial charge in [0.1, 0.15) is 12.4 Å². The fourth-order valence-corrected chi connectivity index (χ4v) is 3.48. The van der Waals surface area contributed by atoms with Gasteiger partial charge in [0.2, 0.25) is 5.91 Å². The van der Waals surface area contributed by atoms with Gasteiger partial charge in [-0.25, -0.2) is 14.1 Å². The van der Waals surface area contributed by atoms with Crippen LogP contribution >= 0.6 is 0 Å². The Kier molecular flexibility index (Phi) is 5.63. The van der Waals surface area contributed by atoms with Crippen molar-refractivity contribution in [3.63, 3.8) is 0 Å². The summed E-state index contributed by atoms with van der Waals surface area (Å²) < 4.78 is 18.5. The first-order valence-corrected chi connectivity index (χ1v) is 9.77. The van der Waals surface area contributed by atoms with E-state index < -0.39 is 41.6 Å². The molecule has 0 aromatic heterocycles. The summed E-state index contributed by atoms with van der Waals surface area (Å²) in [6, 6.07) is 9.02. The third-order valence-corrected chi connectivity index (χ3v) is 4.91. The Labute approximate surface area is 181 Å². The molecule has 164 valence electrons. The highest BCUT2D eigenvalue weighted by atomic mass is 19.1. The summed E-state index contributed by atoms with van der Waals surface area (Å²) in [7, 11) is 0. The Morgan fingerprint density at radius 1 is 1.12 bits per heavy atom. The average Bonchev–Trinajstić information content (AvgIpc) is 3.28. The molecular formula is C21H18FN5O5. The number of hydrogen-bond acceptors (Lipinski definition) is 8. The first kappa shape index (κ1) is 21.1. The molecule has 2 aromatic carbocycles. The zero-order chi connectivity index (χ0) is 22.8. The SMILES string of the molecule is CCOC(=O)c1ccc(NC(=O)CN2N=N[C@@H]3C(=O)N(c4cccc(F)c4)C(=O)[C@@H]32)cc1. The third kappa shape index (κ3) is 3.92. The lowest BCUT2D eigenvalue weighted by Gasteiger charge is -2.20. The predicted octanol–water partition coefficient (Wildman–Crippen LogP) is 1.93. The van der Waals surface area contributed by atoms with Gasteiger partial charge in [-0.05, 0) is 49.4 Å². The van der Waals surface area contributed by atoms with Crippen LogP contribution in [0.1, 0.15) is 17.3 Å². The minimum Gasteiger partial charge on any atom is -0.462 e. The molecule has 0 unspecified atom stereocenters. The van der Waals surface area contributed by atoms with Crippen LogP contribution in [0.15, 0.2) is 58.9 Å². The van der Waals surface area contributed by atoms with Crippen molar-refractivity contribution in [1.29, 1.82) is 0 Å². The Hall–Kier alpha value is -4.15. The van der Waals surface area contributed by atoms with E-state index in [0.29, 0.717) is 11.3 Å². The van der Waals surface area contributed by atoms with Crippen molar-refractivity contribution < 1.29 is 28.3 Å². The Balaban J connectivity index is 1.42. The number of anilines is 2. The molecule has 0 radical (unpaired) electrons. The predicted molar refractivity (Wildman–Crippen MR) is 109 cm³/mol. The molecule has 10 nitrogen and oxygen atoms in total. The molecule has 2 aromatic rings. The smallest absolute Gasteiger partial charge is 0.338 e. The van der Waals surface area contributed by atoms with E-state index in [9.17, 15) is 23.6 Å². The lowest BCUT2D eigenvalue weighted by molar-refractivity contribution is -0.123. The molecule has 32 heavy (non-hydrogen) atoms. The van der Waals surface area contributed by atoms with E-state index in [1.54, 1.807) is 6.92 Å². The quantitative estimate of drug-likeness (QED) is 0.542. The van der Waals surface area contributed by atoms with Gasteiger partial charge in [-0.2, -0.15) is 5.11 Å². The van der Waals surface area contributed by atoms with E-state index in [4.69, 9.17) is 4.74 Å². The summed E-state index contributed by atoms with van der Waals surface area (Å²) in [5.41, 5.74) is 0.857. The fourth-order valence-electron chi connectivity index (χ4n) is 3.48. The molecule has 2 heterocycles. The van der Waals surface area contributed by atoms with Gasteiger partial charge in [-0.1, -0.05) is 11.3 Å². The molecule has 0 bridgehead atoms.